The summed E-state index contributed by atoms with van der Waals surface area (Å²) in [5.41, 5.74) is 0. The number of halogens is 2. The zero-order valence-corrected chi connectivity index (χ0v) is 12.2. The van der Waals surface area contributed by atoms with Crippen LogP contribution in [0.1, 0.15) is 20.8 Å². The van der Waals surface area contributed by atoms with Gasteiger partial charge in [0, 0.05) is 18.4 Å². The number of ether oxygens (including phenoxy) is 1. The minimum atomic E-state index is -3.93. The van der Waals surface area contributed by atoms with Crippen LogP contribution in [-0.4, -0.2) is 21.3 Å². The maximum atomic E-state index is 13.6. The van der Waals surface area contributed by atoms with E-state index in [0.29, 0.717) is 12.5 Å². The van der Waals surface area contributed by atoms with Crippen LogP contribution in [0.2, 0.25) is 0 Å². The first-order valence-electron chi connectivity index (χ1n) is 5.94. The summed E-state index contributed by atoms with van der Waals surface area (Å²) in [4.78, 5) is -0.920. The topological polar surface area (TPSA) is 43.4 Å². The first kappa shape index (κ1) is 15.9. The fourth-order valence-corrected chi connectivity index (χ4v) is 2.22. The van der Waals surface area contributed by atoms with E-state index in [1.807, 2.05) is 20.8 Å². The standard InChI is InChI=1S/C13H18F2O3S/c1-8(2)9(3)7-18-10-5-11(14)13(12(15)6-10)19(4,16)17/h5-6,8-9H,7H2,1-4H3. The normalized spacial score (nSPS) is 13.6. The number of rotatable bonds is 5. The molecule has 0 heterocycles. The largest absolute Gasteiger partial charge is 0.493 e. The Morgan fingerprint density at radius 1 is 1.16 bits per heavy atom. The molecule has 108 valence electrons. The van der Waals surface area contributed by atoms with Crippen LogP contribution in [0.5, 0.6) is 5.75 Å². The zero-order chi connectivity index (χ0) is 14.8. The molecular formula is C13H18F2O3S. The van der Waals surface area contributed by atoms with Crippen molar-refractivity contribution in [1.29, 1.82) is 0 Å². The predicted molar refractivity (Wildman–Crippen MR) is 69.0 cm³/mol. The minimum Gasteiger partial charge on any atom is -0.493 e. The molecule has 1 atom stereocenters. The highest BCUT2D eigenvalue weighted by atomic mass is 32.2. The fourth-order valence-electron chi connectivity index (χ4n) is 1.39. The van der Waals surface area contributed by atoms with Crippen molar-refractivity contribution in [2.45, 2.75) is 25.7 Å². The summed E-state index contributed by atoms with van der Waals surface area (Å²) in [7, 11) is -3.93. The molecule has 0 aliphatic carbocycles. The van der Waals surface area contributed by atoms with Crippen LogP contribution in [0, 0.1) is 23.5 Å². The van der Waals surface area contributed by atoms with Gasteiger partial charge in [-0.25, -0.2) is 17.2 Å². The summed E-state index contributed by atoms with van der Waals surface area (Å²) >= 11 is 0. The molecule has 19 heavy (non-hydrogen) atoms. The molecule has 0 aromatic heterocycles. The highest BCUT2D eigenvalue weighted by molar-refractivity contribution is 7.90. The highest BCUT2D eigenvalue weighted by Crippen LogP contribution is 2.25. The molecule has 0 saturated carbocycles. The van der Waals surface area contributed by atoms with E-state index in [4.69, 9.17) is 4.74 Å². The van der Waals surface area contributed by atoms with E-state index in [1.54, 1.807) is 0 Å². The van der Waals surface area contributed by atoms with Crippen LogP contribution < -0.4 is 4.74 Å². The molecule has 0 fully saturated rings. The Kier molecular flexibility index (Phi) is 4.90. The van der Waals surface area contributed by atoms with Gasteiger partial charge in [0.15, 0.2) is 9.84 Å². The van der Waals surface area contributed by atoms with E-state index >= 15 is 0 Å². The van der Waals surface area contributed by atoms with Gasteiger partial charge in [-0.15, -0.1) is 0 Å². The molecule has 6 heteroatoms. The van der Waals surface area contributed by atoms with Crippen LogP contribution in [0.3, 0.4) is 0 Å². The average Bonchev–Trinajstić information content (AvgIpc) is 2.22. The predicted octanol–water partition coefficient (Wildman–Crippen LogP) is 3.04. The Balaban J connectivity index is 2.97. The first-order valence-corrected chi connectivity index (χ1v) is 7.84. The Hall–Kier alpha value is -1.17. The number of benzene rings is 1. The molecule has 1 aromatic rings. The monoisotopic (exact) mass is 292 g/mol. The molecule has 0 aliphatic heterocycles. The van der Waals surface area contributed by atoms with E-state index < -0.39 is 26.4 Å². The Labute approximate surface area is 112 Å². The van der Waals surface area contributed by atoms with Crippen molar-refractivity contribution in [3.63, 3.8) is 0 Å². The summed E-state index contributed by atoms with van der Waals surface area (Å²) in [6.07, 6.45) is 0.760. The van der Waals surface area contributed by atoms with Crippen molar-refractivity contribution in [1.82, 2.24) is 0 Å². The van der Waals surface area contributed by atoms with Crippen LogP contribution in [-0.2, 0) is 9.84 Å². The van der Waals surface area contributed by atoms with Crippen molar-refractivity contribution in [2.24, 2.45) is 11.8 Å². The van der Waals surface area contributed by atoms with Gasteiger partial charge in [0.05, 0.1) is 6.61 Å². The van der Waals surface area contributed by atoms with Crippen LogP contribution in [0.15, 0.2) is 17.0 Å². The summed E-state index contributed by atoms with van der Waals surface area (Å²) in [5.74, 6) is -1.66. The van der Waals surface area contributed by atoms with Gasteiger partial charge >= 0.3 is 0 Å². The second-order valence-corrected chi connectivity index (χ2v) is 6.97. The summed E-state index contributed by atoms with van der Waals surface area (Å²) in [6.45, 7) is 6.31. The number of hydrogen-bond acceptors (Lipinski definition) is 3. The van der Waals surface area contributed by atoms with Crippen LogP contribution in [0.25, 0.3) is 0 Å². The smallest absolute Gasteiger partial charge is 0.181 e. The maximum Gasteiger partial charge on any atom is 0.181 e. The van der Waals surface area contributed by atoms with E-state index in [0.717, 1.165) is 18.4 Å². The zero-order valence-electron chi connectivity index (χ0n) is 11.4. The highest BCUT2D eigenvalue weighted by Gasteiger charge is 2.21. The second kappa shape index (κ2) is 5.86. The van der Waals surface area contributed by atoms with Gasteiger partial charge < -0.3 is 4.74 Å². The lowest BCUT2D eigenvalue weighted by Gasteiger charge is -2.16. The van der Waals surface area contributed by atoms with Gasteiger partial charge in [-0.2, -0.15) is 0 Å². The van der Waals surface area contributed by atoms with Crippen molar-refractivity contribution in [3.8, 4) is 5.75 Å². The fraction of sp³-hybridized carbons (Fsp3) is 0.538. The van der Waals surface area contributed by atoms with Crippen molar-refractivity contribution >= 4 is 9.84 Å². The van der Waals surface area contributed by atoms with Crippen molar-refractivity contribution < 1.29 is 21.9 Å². The van der Waals surface area contributed by atoms with Gasteiger partial charge in [0.25, 0.3) is 0 Å². The molecule has 0 amide bonds. The third-order valence-corrected chi connectivity index (χ3v) is 4.13. The first-order chi connectivity index (χ1) is 8.62. The summed E-state index contributed by atoms with van der Waals surface area (Å²) in [6, 6.07) is 1.79. The number of sulfone groups is 1. The van der Waals surface area contributed by atoms with E-state index in [2.05, 4.69) is 0 Å². The summed E-state index contributed by atoms with van der Waals surface area (Å²) in [5, 5.41) is 0. The molecule has 0 spiro atoms. The van der Waals surface area contributed by atoms with Gasteiger partial charge in [-0.05, 0) is 11.8 Å². The molecule has 1 unspecified atom stereocenters. The maximum absolute atomic E-state index is 13.6. The Morgan fingerprint density at radius 3 is 2.00 bits per heavy atom. The van der Waals surface area contributed by atoms with Gasteiger partial charge in [0.1, 0.15) is 22.3 Å². The molecule has 0 radical (unpaired) electrons. The van der Waals surface area contributed by atoms with Crippen molar-refractivity contribution in [3.05, 3.63) is 23.8 Å². The van der Waals surface area contributed by atoms with Crippen LogP contribution >= 0.6 is 0 Å². The average molecular weight is 292 g/mol. The van der Waals surface area contributed by atoms with E-state index in [9.17, 15) is 17.2 Å². The van der Waals surface area contributed by atoms with E-state index in [-0.39, 0.29) is 11.7 Å². The Bertz CT molecular complexity index is 530. The molecule has 3 nitrogen and oxygen atoms in total. The molecular weight excluding hydrogens is 274 g/mol. The van der Waals surface area contributed by atoms with Crippen molar-refractivity contribution in [2.75, 3.05) is 12.9 Å². The molecule has 0 aliphatic rings. The summed E-state index contributed by atoms with van der Waals surface area (Å²) < 4.78 is 54.9. The third kappa shape index (κ3) is 4.16. The molecule has 1 rings (SSSR count). The van der Waals surface area contributed by atoms with Gasteiger partial charge in [0.2, 0.25) is 0 Å². The van der Waals surface area contributed by atoms with Gasteiger partial charge in [-0.1, -0.05) is 20.8 Å². The quantitative estimate of drug-likeness (QED) is 0.838. The lowest BCUT2D eigenvalue weighted by atomic mass is 9.99. The SMILES string of the molecule is CC(C)C(C)COc1cc(F)c(S(C)(=O)=O)c(F)c1. The molecule has 0 saturated heterocycles. The van der Waals surface area contributed by atoms with Crippen LogP contribution in [0.4, 0.5) is 8.78 Å². The minimum absolute atomic E-state index is 0.00472. The van der Waals surface area contributed by atoms with Gasteiger partial charge in [-0.3, -0.25) is 0 Å². The lowest BCUT2D eigenvalue weighted by Crippen LogP contribution is -2.14. The Morgan fingerprint density at radius 2 is 1.63 bits per heavy atom. The lowest BCUT2D eigenvalue weighted by molar-refractivity contribution is 0.221. The number of hydrogen-bond donors (Lipinski definition) is 0. The molecule has 0 N–H and O–H groups in total. The molecule has 0 bridgehead atoms. The third-order valence-electron chi connectivity index (χ3n) is 2.99. The molecule has 1 aromatic carbocycles. The second-order valence-electron chi connectivity index (χ2n) is 5.02. The van der Waals surface area contributed by atoms with E-state index in [1.165, 1.54) is 0 Å².